The molecule has 2 aromatic carbocycles. The molecule has 0 saturated heterocycles. The zero-order chi connectivity index (χ0) is 14.0. The molecule has 0 atom stereocenters. The van der Waals surface area contributed by atoms with Crippen LogP contribution >= 0.6 is 0 Å². The van der Waals surface area contributed by atoms with E-state index >= 15 is 0 Å². The fourth-order valence-electron chi connectivity index (χ4n) is 2.13. The van der Waals surface area contributed by atoms with Gasteiger partial charge < -0.3 is 0 Å². The number of aryl methyl sites for hydroxylation is 1. The number of benzene rings is 2. The molecule has 0 radical (unpaired) electrons. The summed E-state index contributed by atoms with van der Waals surface area (Å²) in [5.74, 6) is 0.313. The fraction of sp³-hybridized carbons (Fsp3) is 0.211. The van der Waals surface area contributed by atoms with Gasteiger partial charge in [0.2, 0.25) is 0 Å². The van der Waals surface area contributed by atoms with Crippen LogP contribution < -0.4 is 0 Å². The van der Waals surface area contributed by atoms with Gasteiger partial charge in [0.05, 0.1) is 0 Å². The first-order chi connectivity index (χ1) is 9.84. The Hall–Kier alpha value is -2.15. The van der Waals surface area contributed by atoms with Crippen LogP contribution in [0.5, 0.6) is 0 Å². The molecule has 102 valence electrons. The van der Waals surface area contributed by atoms with Crippen molar-refractivity contribution < 1.29 is 4.79 Å². The van der Waals surface area contributed by atoms with Gasteiger partial charge in [-0.15, -0.1) is 0 Å². The third kappa shape index (κ3) is 5.23. The highest BCUT2D eigenvalue weighted by Gasteiger charge is 1.99. The van der Waals surface area contributed by atoms with Crippen LogP contribution in [-0.4, -0.2) is 5.78 Å². The highest BCUT2D eigenvalue weighted by molar-refractivity contribution is 5.80. The Morgan fingerprint density at radius 2 is 1.55 bits per heavy atom. The largest absolute Gasteiger partial charge is 0.299 e. The van der Waals surface area contributed by atoms with Gasteiger partial charge in [-0.1, -0.05) is 72.8 Å². The molecule has 2 rings (SSSR count). The van der Waals surface area contributed by atoms with Crippen molar-refractivity contribution in [2.24, 2.45) is 0 Å². The average molecular weight is 264 g/mol. The normalized spacial score (nSPS) is 10.8. The molecule has 0 aromatic heterocycles. The Kier molecular flexibility index (Phi) is 5.78. The van der Waals surface area contributed by atoms with E-state index in [-0.39, 0.29) is 0 Å². The molecule has 20 heavy (non-hydrogen) atoms. The van der Waals surface area contributed by atoms with E-state index in [0.717, 1.165) is 18.4 Å². The van der Waals surface area contributed by atoms with Crippen LogP contribution in [0.4, 0.5) is 0 Å². The van der Waals surface area contributed by atoms with Crippen LogP contribution in [0.3, 0.4) is 0 Å². The molecule has 1 heteroatoms. The average Bonchev–Trinajstić information content (AvgIpc) is 2.49. The molecule has 0 N–H and O–H groups in total. The summed E-state index contributed by atoms with van der Waals surface area (Å²) in [7, 11) is 0. The van der Waals surface area contributed by atoms with Crippen molar-refractivity contribution in [3.05, 3.63) is 77.9 Å². The molecule has 0 amide bonds. The van der Waals surface area contributed by atoms with Gasteiger partial charge in [-0.3, -0.25) is 4.79 Å². The predicted molar refractivity (Wildman–Crippen MR) is 84.5 cm³/mol. The van der Waals surface area contributed by atoms with E-state index in [4.69, 9.17) is 0 Å². The van der Waals surface area contributed by atoms with Crippen LogP contribution in [0.15, 0.2) is 66.7 Å². The van der Waals surface area contributed by atoms with Crippen molar-refractivity contribution in [3.8, 4) is 0 Å². The maximum Gasteiger partial charge on any atom is 0.136 e. The van der Waals surface area contributed by atoms with Crippen molar-refractivity contribution in [2.75, 3.05) is 0 Å². The summed E-state index contributed by atoms with van der Waals surface area (Å²) in [5.41, 5.74) is 2.45. The zero-order valence-corrected chi connectivity index (χ0v) is 11.7. The Balaban J connectivity index is 1.67. The molecule has 2 aromatic rings. The molecule has 0 saturated carbocycles. The SMILES string of the molecule is O=C(C/C=C/c1ccccc1)CCCc1ccccc1. The number of allylic oxidation sites excluding steroid dienone is 1. The number of Topliss-reactive ketones (excluding diaryl/α,β-unsaturated/α-hetero) is 1. The third-order valence-electron chi connectivity index (χ3n) is 3.22. The van der Waals surface area contributed by atoms with Crippen LogP contribution in [0.2, 0.25) is 0 Å². The maximum absolute atomic E-state index is 11.8. The Morgan fingerprint density at radius 3 is 2.25 bits per heavy atom. The highest BCUT2D eigenvalue weighted by atomic mass is 16.1. The molecule has 0 spiro atoms. The molecular formula is C19H20O. The van der Waals surface area contributed by atoms with Crippen molar-refractivity contribution in [1.82, 2.24) is 0 Å². The lowest BCUT2D eigenvalue weighted by atomic mass is 10.1. The molecule has 0 bridgehead atoms. The molecule has 0 fully saturated rings. The number of carbonyl (C=O) groups is 1. The first kappa shape index (κ1) is 14.3. The lowest BCUT2D eigenvalue weighted by Crippen LogP contribution is -1.97. The fourth-order valence-corrected chi connectivity index (χ4v) is 2.13. The highest BCUT2D eigenvalue weighted by Crippen LogP contribution is 2.07. The van der Waals surface area contributed by atoms with Gasteiger partial charge in [0.15, 0.2) is 0 Å². The van der Waals surface area contributed by atoms with Crippen LogP contribution in [-0.2, 0) is 11.2 Å². The molecule has 0 heterocycles. The summed E-state index contributed by atoms with van der Waals surface area (Å²) in [6, 6.07) is 20.4. The van der Waals surface area contributed by atoms with E-state index in [1.807, 2.05) is 60.7 Å². The summed E-state index contributed by atoms with van der Waals surface area (Å²) in [6.45, 7) is 0. The van der Waals surface area contributed by atoms with E-state index in [2.05, 4.69) is 12.1 Å². The monoisotopic (exact) mass is 264 g/mol. The molecule has 0 aliphatic carbocycles. The number of hydrogen-bond donors (Lipinski definition) is 0. The van der Waals surface area contributed by atoms with Crippen molar-refractivity contribution >= 4 is 11.9 Å². The standard InChI is InChI=1S/C19H20O/c20-19(15-7-13-17-9-3-1-4-10-17)16-8-14-18-11-5-2-6-12-18/h1-7,9-13H,8,14-16H2/b13-7+. The molecule has 0 unspecified atom stereocenters. The number of ketones is 1. The van der Waals surface area contributed by atoms with Gasteiger partial charge in [0.1, 0.15) is 5.78 Å². The summed E-state index contributed by atoms with van der Waals surface area (Å²) in [5, 5.41) is 0. The van der Waals surface area contributed by atoms with E-state index in [1.165, 1.54) is 5.56 Å². The Bertz CT molecular complexity index is 540. The quantitative estimate of drug-likeness (QED) is 0.709. The van der Waals surface area contributed by atoms with Crippen LogP contribution in [0.1, 0.15) is 30.4 Å². The molecule has 0 aliphatic rings. The summed E-state index contributed by atoms with van der Waals surface area (Å²) in [4.78, 5) is 11.8. The first-order valence-electron chi connectivity index (χ1n) is 7.12. The Morgan fingerprint density at radius 1 is 0.900 bits per heavy atom. The van der Waals surface area contributed by atoms with Gasteiger partial charge in [-0.05, 0) is 24.0 Å². The third-order valence-corrected chi connectivity index (χ3v) is 3.22. The second-order valence-corrected chi connectivity index (χ2v) is 4.90. The Labute approximate surface area is 121 Å². The van der Waals surface area contributed by atoms with Crippen LogP contribution in [0, 0.1) is 0 Å². The smallest absolute Gasteiger partial charge is 0.136 e. The summed E-state index contributed by atoms with van der Waals surface area (Å²) in [6.07, 6.45) is 7.07. The molecular weight excluding hydrogens is 244 g/mol. The van der Waals surface area contributed by atoms with E-state index in [1.54, 1.807) is 0 Å². The van der Waals surface area contributed by atoms with Crippen molar-refractivity contribution in [3.63, 3.8) is 0 Å². The van der Waals surface area contributed by atoms with Gasteiger partial charge in [-0.2, -0.15) is 0 Å². The maximum atomic E-state index is 11.8. The summed E-state index contributed by atoms with van der Waals surface area (Å²) >= 11 is 0. The number of carbonyl (C=O) groups excluding carboxylic acids is 1. The minimum absolute atomic E-state index is 0.313. The van der Waals surface area contributed by atoms with Gasteiger partial charge >= 0.3 is 0 Å². The predicted octanol–water partition coefficient (Wildman–Crippen LogP) is 4.68. The minimum atomic E-state index is 0.313. The van der Waals surface area contributed by atoms with Crippen molar-refractivity contribution in [2.45, 2.75) is 25.7 Å². The first-order valence-corrected chi connectivity index (χ1v) is 7.12. The minimum Gasteiger partial charge on any atom is -0.299 e. The van der Waals surface area contributed by atoms with E-state index in [0.29, 0.717) is 18.6 Å². The molecule has 1 nitrogen and oxygen atoms in total. The van der Waals surface area contributed by atoms with E-state index < -0.39 is 0 Å². The lowest BCUT2D eigenvalue weighted by molar-refractivity contribution is -0.118. The van der Waals surface area contributed by atoms with E-state index in [9.17, 15) is 4.79 Å². The topological polar surface area (TPSA) is 17.1 Å². The lowest BCUT2D eigenvalue weighted by Gasteiger charge is -2.00. The van der Waals surface area contributed by atoms with Crippen molar-refractivity contribution in [1.29, 1.82) is 0 Å². The van der Waals surface area contributed by atoms with Gasteiger partial charge in [0, 0.05) is 12.8 Å². The summed E-state index contributed by atoms with van der Waals surface area (Å²) < 4.78 is 0. The second-order valence-electron chi connectivity index (χ2n) is 4.90. The van der Waals surface area contributed by atoms with Crippen LogP contribution in [0.25, 0.3) is 6.08 Å². The van der Waals surface area contributed by atoms with Gasteiger partial charge in [0.25, 0.3) is 0 Å². The molecule has 0 aliphatic heterocycles. The second kappa shape index (κ2) is 8.11. The zero-order valence-electron chi connectivity index (χ0n) is 11.7. The number of hydrogen-bond acceptors (Lipinski definition) is 1. The van der Waals surface area contributed by atoms with Gasteiger partial charge in [-0.25, -0.2) is 0 Å². The number of rotatable bonds is 7.